The quantitative estimate of drug-likeness (QED) is 0.885. The van der Waals surface area contributed by atoms with Gasteiger partial charge in [-0.2, -0.15) is 0 Å². The van der Waals surface area contributed by atoms with Crippen molar-refractivity contribution in [2.24, 2.45) is 5.92 Å². The van der Waals surface area contributed by atoms with E-state index < -0.39 is 11.5 Å². The van der Waals surface area contributed by atoms with Gasteiger partial charge in [-0.1, -0.05) is 31.2 Å². The van der Waals surface area contributed by atoms with E-state index in [9.17, 15) is 14.7 Å². The molecule has 0 radical (unpaired) electrons. The van der Waals surface area contributed by atoms with E-state index in [0.29, 0.717) is 12.8 Å². The summed E-state index contributed by atoms with van der Waals surface area (Å²) < 4.78 is 0. The highest BCUT2D eigenvalue weighted by Gasteiger charge is 2.35. The Morgan fingerprint density at radius 3 is 2.60 bits per heavy atom. The van der Waals surface area contributed by atoms with Crippen LogP contribution < -0.4 is 5.32 Å². The number of carbonyl (C=O) groups excluding carboxylic acids is 1. The molecule has 2 atom stereocenters. The van der Waals surface area contributed by atoms with Gasteiger partial charge in [0.05, 0.1) is 0 Å². The van der Waals surface area contributed by atoms with Crippen LogP contribution in [-0.4, -0.2) is 22.5 Å². The fourth-order valence-electron chi connectivity index (χ4n) is 2.59. The number of amides is 1. The number of aliphatic carboxylic acids is 1. The molecule has 2 unspecified atom stereocenters. The van der Waals surface area contributed by atoms with Gasteiger partial charge in [0, 0.05) is 5.92 Å². The zero-order chi connectivity index (χ0) is 14.8. The first kappa shape index (κ1) is 14.6. The molecule has 0 fully saturated rings. The molecule has 1 aromatic carbocycles. The highest BCUT2D eigenvalue weighted by molar-refractivity contribution is 5.88. The monoisotopic (exact) mass is 275 g/mol. The van der Waals surface area contributed by atoms with Crippen LogP contribution in [0, 0.1) is 5.92 Å². The van der Waals surface area contributed by atoms with Crippen LogP contribution in [0.3, 0.4) is 0 Å². The van der Waals surface area contributed by atoms with Gasteiger partial charge in [0.15, 0.2) is 0 Å². The summed E-state index contributed by atoms with van der Waals surface area (Å²) in [6.07, 6.45) is 2.73. The third kappa shape index (κ3) is 2.84. The van der Waals surface area contributed by atoms with Gasteiger partial charge in [-0.3, -0.25) is 4.79 Å². The van der Waals surface area contributed by atoms with Crippen LogP contribution in [0.15, 0.2) is 24.3 Å². The summed E-state index contributed by atoms with van der Waals surface area (Å²) in [7, 11) is 0. The molecular weight excluding hydrogens is 254 g/mol. The van der Waals surface area contributed by atoms with Crippen LogP contribution in [0.1, 0.15) is 37.8 Å². The minimum Gasteiger partial charge on any atom is -0.480 e. The van der Waals surface area contributed by atoms with Crippen molar-refractivity contribution in [2.45, 2.75) is 45.1 Å². The number of hydrogen-bond acceptors (Lipinski definition) is 2. The number of carboxylic acid groups (broad SMARTS) is 1. The third-order valence-electron chi connectivity index (χ3n) is 4.30. The van der Waals surface area contributed by atoms with E-state index in [4.69, 9.17) is 0 Å². The lowest BCUT2D eigenvalue weighted by molar-refractivity contribution is -0.147. The molecule has 20 heavy (non-hydrogen) atoms. The van der Waals surface area contributed by atoms with E-state index in [0.717, 1.165) is 12.8 Å². The normalized spacial score (nSPS) is 20.6. The van der Waals surface area contributed by atoms with Gasteiger partial charge in [0.2, 0.25) is 5.91 Å². The second-order valence-electron chi connectivity index (χ2n) is 5.69. The van der Waals surface area contributed by atoms with E-state index in [1.54, 1.807) is 13.8 Å². The van der Waals surface area contributed by atoms with Crippen molar-refractivity contribution in [3.8, 4) is 0 Å². The molecule has 2 rings (SSSR count). The summed E-state index contributed by atoms with van der Waals surface area (Å²) in [5.74, 6) is -1.26. The standard InChI is InChI=1S/C16H21NO3/c1-3-16(2,15(19)20)17-14(18)13-9-8-11-6-4-5-7-12(11)10-13/h4-7,13H,3,8-10H2,1-2H3,(H,17,18)(H,19,20). The van der Waals surface area contributed by atoms with E-state index in [2.05, 4.69) is 11.4 Å². The summed E-state index contributed by atoms with van der Waals surface area (Å²) in [6, 6.07) is 8.13. The van der Waals surface area contributed by atoms with Crippen molar-refractivity contribution < 1.29 is 14.7 Å². The first-order valence-electron chi connectivity index (χ1n) is 7.08. The Kier molecular flexibility index (Phi) is 4.12. The lowest BCUT2D eigenvalue weighted by atomic mass is 9.83. The molecule has 0 saturated heterocycles. The molecular formula is C16H21NO3. The summed E-state index contributed by atoms with van der Waals surface area (Å²) in [6.45, 7) is 3.33. The summed E-state index contributed by atoms with van der Waals surface area (Å²) in [5.41, 5.74) is 1.33. The predicted molar refractivity (Wildman–Crippen MR) is 76.4 cm³/mol. The third-order valence-corrected chi connectivity index (χ3v) is 4.30. The van der Waals surface area contributed by atoms with E-state index in [-0.39, 0.29) is 11.8 Å². The van der Waals surface area contributed by atoms with Crippen LogP contribution in [-0.2, 0) is 22.4 Å². The fraction of sp³-hybridized carbons (Fsp3) is 0.500. The fourth-order valence-corrected chi connectivity index (χ4v) is 2.59. The highest BCUT2D eigenvalue weighted by atomic mass is 16.4. The van der Waals surface area contributed by atoms with Crippen molar-refractivity contribution in [2.75, 3.05) is 0 Å². The zero-order valence-corrected chi connectivity index (χ0v) is 12.0. The number of hydrogen-bond donors (Lipinski definition) is 2. The molecule has 0 aliphatic heterocycles. The molecule has 1 aliphatic carbocycles. The largest absolute Gasteiger partial charge is 0.480 e. The smallest absolute Gasteiger partial charge is 0.329 e. The minimum atomic E-state index is -1.17. The van der Waals surface area contributed by atoms with Gasteiger partial charge in [-0.15, -0.1) is 0 Å². The summed E-state index contributed by atoms with van der Waals surface area (Å²) >= 11 is 0. The minimum absolute atomic E-state index is 0.130. The van der Waals surface area contributed by atoms with Crippen molar-refractivity contribution in [1.82, 2.24) is 5.32 Å². The van der Waals surface area contributed by atoms with Crippen molar-refractivity contribution in [3.05, 3.63) is 35.4 Å². The molecule has 0 heterocycles. The SMILES string of the molecule is CCC(C)(NC(=O)C1CCc2ccccc2C1)C(=O)O. The van der Waals surface area contributed by atoms with Gasteiger partial charge >= 0.3 is 5.97 Å². The number of carbonyl (C=O) groups is 2. The van der Waals surface area contributed by atoms with Crippen LogP contribution in [0.2, 0.25) is 0 Å². The van der Waals surface area contributed by atoms with Crippen LogP contribution in [0.5, 0.6) is 0 Å². The lowest BCUT2D eigenvalue weighted by Crippen LogP contribution is -2.53. The maximum Gasteiger partial charge on any atom is 0.329 e. The Bertz CT molecular complexity index is 526. The summed E-state index contributed by atoms with van der Waals surface area (Å²) in [5, 5.41) is 11.9. The van der Waals surface area contributed by atoms with Crippen molar-refractivity contribution in [3.63, 3.8) is 0 Å². The Labute approximate surface area is 119 Å². The maximum atomic E-state index is 12.3. The predicted octanol–water partition coefficient (Wildman–Crippen LogP) is 2.16. The molecule has 108 valence electrons. The second kappa shape index (κ2) is 5.65. The molecule has 0 saturated carbocycles. The van der Waals surface area contributed by atoms with Crippen molar-refractivity contribution in [1.29, 1.82) is 0 Å². The summed E-state index contributed by atoms with van der Waals surface area (Å²) in [4.78, 5) is 23.6. The zero-order valence-electron chi connectivity index (χ0n) is 12.0. The highest BCUT2D eigenvalue weighted by Crippen LogP contribution is 2.26. The number of nitrogens with one attached hydrogen (secondary N) is 1. The number of aryl methyl sites for hydroxylation is 1. The van der Waals surface area contributed by atoms with Gasteiger partial charge < -0.3 is 10.4 Å². The molecule has 4 heteroatoms. The van der Waals surface area contributed by atoms with E-state index >= 15 is 0 Å². The van der Waals surface area contributed by atoms with Crippen LogP contribution in [0.25, 0.3) is 0 Å². The molecule has 2 N–H and O–H groups in total. The van der Waals surface area contributed by atoms with Gasteiger partial charge in [-0.05, 0) is 43.7 Å². The Morgan fingerprint density at radius 1 is 1.35 bits per heavy atom. The molecule has 4 nitrogen and oxygen atoms in total. The molecule has 1 amide bonds. The van der Waals surface area contributed by atoms with Gasteiger partial charge in [-0.25, -0.2) is 4.79 Å². The molecule has 1 aliphatic rings. The Morgan fingerprint density at radius 2 is 2.00 bits per heavy atom. The van der Waals surface area contributed by atoms with Crippen molar-refractivity contribution >= 4 is 11.9 Å². The molecule has 1 aromatic rings. The average Bonchev–Trinajstić information content (AvgIpc) is 2.46. The number of fused-ring (bicyclic) bond motifs is 1. The number of carboxylic acids is 1. The van der Waals surface area contributed by atoms with E-state index in [1.807, 2.05) is 18.2 Å². The van der Waals surface area contributed by atoms with Crippen LogP contribution >= 0.6 is 0 Å². The van der Waals surface area contributed by atoms with Crippen LogP contribution in [0.4, 0.5) is 0 Å². The molecule has 0 bridgehead atoms. The Balaban J connectivity index is 2.07. The first-order chi connectivity index (χ1) is 9.46. The van der Waals surface area contributed by atoms with E-state index in [1.165, 1.54) is 11.1 Å². The van der Waals surface area contributed by atoms with Gasteiger partial charge in [0.25, 0.3) is 0 Å². The first-order valence-corrected chi connectivity index (χ1v) is 7.08. The number of rotatable bonds is 4. The van der Waals surface area contributed by atoms with Gasteiger partial charge in [0.1, 0.15) is 5.54 Å². The topological polar surface area (TPSA) is 66.4 Å². The molecule has 0 aromatic heterocycles. The molecule has 0 spiro atoms. The second-order valence-corrected chi connectivity index (χ2v) is 5.69. The average molecular weight is 275 g/mol. The lowest BCUT2D eigenvalue weighted by Gasteiger charge is -2.29. The maximum absolute atomic E-state index is 12.3. The Hall–Kier alpha value is -1.84. The number of benzene rings is 1.